The van der Waals surface area contributed by atoms with Crippen molar-refractivity contribution in [2.75, 3.05) is 42.9 Å². The molecule has 1 heterocycles. The summed E-state index contributed by atoms with van der Waals surface area (Å²) in [5.41, 5.74) is 4.39. The number of anilines is 2. The molecule has 3 rings (SSSR count). The van der Waals surface area contributed by atoms with Crippen molar-refractivity contribution in [3.8, 4) is 0 Å². The molecule has 0 unspecified atom stereocenters. The quantitative estimate of drug-likeness (QED) is 0.438. The summed E-state index contributed by atoms with van der Waals surface area (Å²) in [6.45, 7) is 7.92. The molecule has 0 radical (unpaired) electrons. The molecule has 0 bridgehead atoms. The van der Waals surface area contributed by atoms with E-state index in [1.165, 1.54) is 22.9 Å². The normalized spacial score (nSPS) is 14.0. The van der Waals surface area contributed by atoms with Crippen molar-refractivity contribution < 1.29 is 9.72 Å². The molecule has 1 saturated heterocycles. The molecule has 0 saturated carbocycles. The maximum Gasteiger partial charge on any atom is 0.292 e. The summed E-state index contributed by atoms with van der Waals surface area (Å²) in [7, 11) is 0. The maximum absolute atomic E-state index is 12.5. The minimum atomic E-state index is -0.400. The number of nitro benzene ring substituents is 1. The Labute approximate surface area is 171 Å². The third-order valence-corrected chi connectivity index (χ3v) is 5.53. The van der Waals surface area contributed by atoms with Crippen LogP contribution >= 0.6 is 0 Å². The van der Waals surface area contributed by atoms with Gasteiger partial charge in [-0.3, -0.25) is 14.9 Å². The number of hydrogen-bond acceptors (Lipinski definition) is 5. The summed E-state index contributed by atoms with van der Waals surface area (Å²) in [4.78, 5) is 27.4. The predicted octanol–water partition coefficient (Wildman–Crippen LogP) is 3.75. The number of rotatable bonds is 7. The van der Waals surface area contributed by atoms with Crippen LogP contribution in [0.1, 0.15) is 24.0 Å². The van der Waals surface area contributed by atoms with Crippen LogP contribution in [-0.2, 0) is 4.79 Å². The van der Waals surface area contributed by atoms with E-state index >= 15 is 0 Å². The predicted molar refractivity (Wildman–Crippen MR) is 116 cm³/mol. The van der Waals surface area contributed by atoms with Crippen LogP contribution in [0.4, 0.5) is 17.1 Å². The largest absolute Gasteiger partial charge is 0.379 e. The van der Waals surface area contributed by atoms with Gasteiger partial charge < -0.3 is 15.1 Å². The van der Waals surface area contributed by atoms with Crippen LogP contribution in [0.25, 0.3) is 0 Å². The first-order valence-corrected chi connectivity index (χ1v) is 10.0. The SMILES string of the molecule is Cc1cccc(N2CCN(C(=O)CCCNc3ccccc3[N+](=O)[O-])CC2)c1C. The molecule has 29 heavy (non-hydrogen) atoms. The number of nitrogens with one attached hydrogen (secondary N) is 1. The Morgan fingerprint density at radius 2 is 1.79 bits per heavy atom. The van der Waals surface area contributed by atoms with Gasteiger partial charge in [0.15, 0.2) is 0 Å². The highest BCUT2D eigenvalue weighted by Crippen LogP contribution is 2.25. The van der Waals surface area contributed by atoms with E-state index in [1.807, 2.05) is 4.90 Å². The van der Waals surface area contributed by atoms with Crippen LogP contribution in [-0.4, -0.2) is 48.5 Å². The first kappa shape index (κ1) is 20.6. The van der Waals surface area contributed by atoms with Crippen molar-refractivity contribution in [1.29, 1.82) is 0 Å². The third kappa shape index (κ3) is 5.04. The van der Waals surface area contributed by atoms with Gasteiger partial charge >= 0.3 is 0 Å². The third-order valence-electron chi connectivity index (χ3n) is 5.53. The molecule has 1 N–H and O–H groups in total. The van der Waals surface area contributed by atoms with E-state index in [-0.39, 0.29) is 11.6 Å². The van der Waals surface area contributed by atoms with Crippen LogP contribution < -0.4 is 10.2 Å². The summed E-state index contributed by atoms with van der Waals surface area (Å²) in [5, 5.41) is 14.1. The fourth-order valence-corrected chi connectivity index (χ4v) is 3.68. The Morgan fingerprint density at radius 1 is 1.07 bits per heavy atom. The van der Waals surface area contributed by atoms with Crippen molar-refractivity contribution in [2.24, 2.45) is 0 Å². The summed E-state index contributed by atoms with van der Waals surface area (Å²) >= 11 is 0. The minimum absolute atomic E-state index is 0.0568. The second-order valence-electron chi connectivity index (χ2n) is 7.39. The lowest BCUT2D eigenvalue weighted by Crippen LogP contribution is -2.49. The lowest BCUT2D eigenvalue weighted by Gasteiger charge is -2.37. The molecule has 7 heteroatoms. The molecule has 7 nitrogen and oxygen atoms in total. The molecule has 0 spiro atoms. The van der Waals surface area contributed by atoms with Gasteiger partial charge in [-0.2, -0.15) is 0 Å². The fourth-order valence-electron chi connectivity index (χ4n) is 3.68. The van der Waals surface area contributed by atoms with Crippen molar-refractivity contribution >= 4 is 23.0 Å². The Hall–Kier alpha value is -3.09. The minimum Gasteiger partial charge on any atom is -0.379 e. The van der Waals surface area contributed by atoms with Gasteiger partial charge in [0.1, 0.15) is 5.69 Å². The molecule has 1 aliphatic heterocycles. The second-order valence-corrected chi connectivity index (χ2v) is 7.39. The van der Waals surface area contributed by atoms with Crippen LogP contribution in [0.3, 0.4) is 0 Å². The summed E-state index contributed by atoms with van der Waals surface area (Å²) in [6.07, 6.45) is 1.08. The summed E-state index contributed by atoms with van der Waals surface area (Å²) in [5.74, 6) is 0.148. The van der Waals surface area contributed by atoms with Crippen molar-refractivity contribution in [3.63, 3.8) is 0 Å². The Bertz CT molecular complexity index is 876. The van der Waals surface area contributed by atoms with E-state index < -0.39 is 4.92 Å². The number of nitrogens with zero attached hydrogens (tertiary/aromatic N) is 3. The Morgan fingerprint density at radius 3 is 2.52 bits per heavy atom. The lowest BCUT2D eigenvalue weighted by molar-refractivity contribution is -0.384. The number of nitro groups is 1. The zero-order valence-corrected chi connectivity index (χ0v) is 17.1. The highest BCUT2D eigenvalue weighted by molar-refractivity contribution is 5.76. The van der Waals surface area contributed by atoms with Crippen LogP contribution in [0.5, 0.6) is 0 Å². The van der Waals surface area contributed by atoms with Gasteiger partial charge in [-0.15, -0.1) is 0 Å². The topological polar surface area (TPSA) is 78.7 Å². The standard InChI is InChI=1S/C22H28N4O3/c1-17-7-5-10-20(18(17)2)24-13-15-25(16-14-24)22(27)11-6-12-23-19-8-3-4-9-21(19)26(28)29/h3-5,7-10,23H,6,11-16H2,1-2H3. The van der Waals surface area contributed by atoms with E-state index in [1.54, 1.807) is 18.2 Å². The van der Waals surface area contributed by atoms with Crippen molar-refractivity contribution in [2.45, 2.75) is 26.7 Å². The molecule has 154 valence electrons. The number of para-hydroxylation sites is 2. The molecule has 2 aromatic carbocycles. The Kier molecular flexibility index (Phi) is 6.69. The number of piperazine rings is 1. The molecule has 0 atom stereocenters. The van der Waals surface area contributed by atoms with E-state index in [0.29, 0.717) is 25.1 Å². The van der Waals surface area contributed by atoms with Gasteiger partial charge in [0.05, 0.1) is 4.92 Å². The molecular formula is C22H28N4O3. The maximum atomic E-state index is 12.5. The second kappa shape index (κ2) is 9.41. The zero-order valence-electron chi connectivity index (χ0n) is 17.1. The van der Waals surface area contributed by atoms with Crippen LogP contribution in [0, 0.1) is 24.0 Å². The van der Waals surface area contributed by atoms with Gasteiger partial charge in [-0.25, -0.2) is 0 Å². The van der Waals surface area contributed by atoms with E-state index in [4.69, 9.17) is 0 Å². The van der Waals surface area contributed by atoms with Crippen LogP contribution in [0.15, 0.2) is 42.5 Å². The number of carbonyl (C=O) groups excluding carboxylic acids is 1. The van der Waals surface area contributed by atoms with Gasteiger partial charge in [0.25, 0.3) is 5.69 Å². The molecular weight excluding hydrogens is 368 g/mol. The van der Waals surface area contributed by atoms with Crippen LogP contribution in [0.2, 0.25) is 0 Å². The van der Waals surface area contributed by atoms with E-state index in [0.717, 1.165) is 26.2 Å². The molecule has 1 amide bonds. The fraction of sp³-hybridized carbons (Fsp3) is 0.409. The van der Waals surface area contributed by atoms with Gasteiger partial charge in [0.2, 0.25) is 5.91 Å². The average Bonchev–Trinajstić information content (AvgIpc) is 2.73. The van der Waals surface area contributed by atoms with Gasteiger partial charge in [-0.1, -0.05) is 24.3 Å². The number of hydrogen-bond donors (Lipinski definition) is 1. The summed E-state index contributed by atoms with van der Waals surface area (Å²) in [6, 6.07) is 12.9. The van der Waals surface area contributed by atoms with Gasteiger partial charge in [0, 0.05) is 50.9 Å². The highest BCUT2D eigenvalue weighted by Gasteiger charge is 2.22. The smallest absolute Gasteiger partial charge is 0.292 e. The first-order chi connectivity index (χ1) is 14.0. The molecule has 1 aliphatic rings. The number of carbonyl (C=O) groups is 1. The first-order valence-electron chi connectivity index (χ1n) is 10.0. The number of aryl methyl sites for hydroxylation is 1. The average molecular weight is 396 g/mol. The monoisotopic (exact) mass is 396 g/mol. The van der Waals surface area contributed by atoms with E-state index in [9.17, 15) is 14.9 Å². The number of benzene rings is 2. The molecule has 2 aromatic rings. The van der Waals surface area contributed by atoms with E-state index in [2.05, 4.69) is 42.3 Å². The lowest BCUT2D eigenvalue weighted by atomic mass is 10.1. The van der Waals surface area contributed by atoms with Crippen molar-refractivity contribution in [3.05, 3.63) is 63.7 Å². The van der Waals surface area contributed by atoms with Crippen molar-refractivity contribution in [1.82, 2.24) is 4.90 Å². The number of amides is 1. The molecule has 0 aliphatic carbocycles. The highest BCUT2D eigenvalue weighted by atomic mass is 16.6. The summed E-state index contributed by atoms with van der Waals surface area (Å²) < 4.78 is 0. The Balaban J connectivity index is 1.44. The molecule has 0 aromatic heterocycles. The zero-order chi connectivity index (χ0) is 20.8. The molecule has 1 fully saturated rings. The van der Waals surface area contributed by atoms with Gasteiger partial charge in [-0.05, 0) is 43.5 Å².